The first kappa shape index (κ1) is 21.9. The molecule has 0 saturated carbocycles. The second kappa shape index (κ2) is 9.77. The molecule has 0 aliphatic rings. The van der Waals surface area contributed by atoms with Crippen LogP contribution in [0.15, 0.2) is 58.9 Å². The normalized spacial score (nSPS) is 10.5. The van der Waals surface area contributed by atoms with Crippen LogP contribution in [0.25, 0.3) is 0 Å². The lowest BCUT2D eigenvalue weighted by atomic mass is 10.1. The van der Waals surface area contributed by atoms with Gasteiger partial charge in [-0.2, -0.15) is 0 Å². The molecule has 0 aliphatic heterocycles. The van der Waals surface area contributed by atoms with Gasteiger partial charge in [-0.05, 0) is 42.0 Å². The van der Waals surface area contributed by atoms with Gasteiger partial charge in [-0.1, -0.05) is 23.5 Å². The number of nitrogens with zero attached hydrogens (tertiary/aromatic N) is 3. The molecule has 6 nitrogen and oxygen atoms in total. The number of thiazole rings is 1. The van der Waals surface area contributed by atoms with Crippen molar-refractivity contribution in [2.75, 3.05) is 38.4 Å². The zero-order chi connectivity index (χ0) is 21.7. The van der Waals surface area contributed by atoms with Gasteiger partial charge in [0.15, 0.2) is 5.13 Å². The summed E-state index contributed by atoms with van der Waals surface area (Å²) < 4.78 is 0.998. The van der Waals surface area contributed by atoms with Gasteiger partial charge in [0.1, 0.15) is 0 Å². The lowest BCUT2D eigenvalue weighted by Crippen LogP contribution is -2.21. The minimum absolute atomic E-state index is 0.0109. The number of aromatic nitrogens is 1. The van der Waals surface area contributed by atoms with E-state index in [1.165, 1.54) is 11.3 Å². The third kappa shape index (κ3) is 5.61. The maximum atomic E-state index is 12.4. The number of carbonyl (C=O) groups excluding carboxylic acids is 2. The van der Waals surface area contributed by atoms with Crippen LogP contribution in [-0.2, 0) is 5.75 Å². The fraction of sp³-hybridized carbons (Fsp3) is 0.227. The number of nitrogens with one attached hydrogen (secondary N) is 1. The molecule has 0 radical (unpaired) electrons. The first-order valence-corrected chi connectivity index (χ1v) is 11.1. The van der Waals surface area contributed by atoms with Crippen molar-refractivity contribution in [1.82, 2.24) is 9.88 Å². The summed E-state index contributed by atoms with van der Waals surface area (Å²) in [4.78, 5) is 32.4. The van der Waals surface area contributed by atoms with Crippen LogP contribution in [0.5, 0.6) is 0 Å². The summed E-state index contributed by atoms with van der Waals surface area (Å²) in [5, 5.41) is 3.42. The summed E-state index contributed by atoms with van der Waals surface area (Å²) >= 11 is 3.06. The minimum atomic E-state index is -0.180. The number of amides is 2. The molecule has 3 rings (SSSR count). The van der Waals surface area contributed by atoms with Crippen LogP contribution in [0.2, 0.25) is 0 Å². The van der Waals surface area contributed by atoms with Gasteiger partial charge in [0.2, 0.25) is 0 Å². The quantitative estimate of drug-likeness (QED) is 0.550. The lowest BCUT2D eigenvalue weighted by Gasteiger charge is -2.12. The molecule has 0 fully saturated rings. The molecular formula is C22H24N4O2S2. The zero-order valence-electron chi connectivity index (χ0n) is 17.4. The van der Waals surface area contributed by atoms with Crippen LogP contribution < -0.4 is 10.2 Å². The summed E-state index contributed by atoms with van der Waals surface area (Å²) in [5.74, 6) is 0.528. The van der Waals surface area contributed by atoms with Gasteiger partial charge >= 0.3 is 0 Å². The molecule has 1 aromatic heterocycles. The Labute approximate surface area is 184 Å². The number of anilines is 2. The molecule has 8 heteroatoms. The highest BCUT2D eigenvalue weighted by Gasteiger charge is 2.11. The van der Waals surface area contributed by atoms with Crippen molar-refractivity contribution in [3.05, 3.63) is 71.4 Å². The Hall–Kier alpha value is -2.84. The van der Waals surface area contributed by atoms with E-state index in [0.717, 1.165) is 21.2 Å². The molecule has 0 aliphatic carbocycles. The molecule has 0 saturated heterocycles. The largest absolute Gasteiger partial charge is 0.378 e. The van der Waals surface area contributed by atoms with Crippen molar-refractivity contribution in [3.63, 3.8) is 0 Å². The standard InChI is InChI=1S/C22H24N4O2S2/c1-25(2)18-10-8-16(9-11-18)20(27)24-22-23-13-19(30-22)29-14-15-6-5-7-17(12-15)21(28)26(3)4/h5-13H,14H2,1-4H3,(H,23,24,27). The predicted molar refractivity (Wildman–Crippen MR) is 125 cm³/mol. The topological polar surface area (TPSA) is 65.5 Å². The van der Waals surface area contributed by atoms with Crippen LogP contribution in [0.1, 0.15) is 26.3 Å². The van der Waals surface area contributed by atoms with Crippen molar-refractivity contribution < 1.29 is 9.59 Å². The number of benzene rings is 2. The predicted octanol–water partition coefficient (Wildman–Crippen LogP) is 4.46. The van der Waals surface area contributed by atoms with E-state index in [1.54, 1.807) is 49.1 Å². The van der Waals surface area contributed by atoms with Gasteiger partial charge < -0.3 is 9.80 Å². The summed E-state index contributed by atoms with van der Waals surface area (Å²) in [6, 6.07) is 15.1. The fourth-order valence-electron chi connectivity index (χ4n) is 2.67. The molecule has 0 atom stereocenters. The van der Waals surface area contributed by atoms with E-state index in [4.69, 9.17) is 0 Å². The van der Waals surface area contributed by atoms with Crippen molar-refractivity contribution in [3.8, 4) is 0 Å². The third-order valence-electron chi connectivity index (χ3n) is 4.31. The molecule has 2 amide bonds. The first-order chi connectivity index (χ1) is 14.3. The maximum absolute atomic E-state index is 12.4. The summed E-state index contributed by atoms with van der Waals surface area (Å²) in [6.07, 6.45) is 1.76. The molecule has 30 heavy (non-hydrogen) atoms. The molecule has 0 bridgehead atoms. The van der Waals surface area contributed by atoms with Gasteiger partial charge in [-0.3, -0.25) is 14.9 Å². The first-order valence-electron chi connectivity index (χ1n) is 9.31. The highest BCUT2D eigenvalue weighted by Crippen LogP contribution is 2.31. The van der Waals surface area contributed by atoms with Crippen LogP contribution >= 0.6 is 23.1 Å². The van der Waals surface area contributed by atoms with Crippen molar-refractivity contribution in [2.24, 2.45) is 0 Å². The smallest absolute Gasteiger partial charge is 0.257 e. The molecular weight excluding hydrogens is 416 g/mol. The van der Waals surface area contributed by atoms with Crippen LogP contribution in [0.3, 0.4) is 0 Å². The second-order valence-corrected chi connectivity index (χ2v) is 9.37. The molecule has 2 aromatic carbocycles. The van der Waals surface area contributed by atoms with E-state index in [0.29, 0.717) is 16.3 Å². The Morgan fingerprint density at radius 3 is 2.43 bits per heavy atom. The monoisotopic (exact) mass is 440 g/mol. The number of hydrogen-bond acceptors (Lipinski definition) is 6. The Morgan fingerprint density at radius 2 is 1.77 bits per heavy atom. The van der Waals surface area contributed by atoms with Gasteiger partial charge in [0.05, 0.1) is 10.4 Å². The zero-order valence-corrected chi connectivity index (χ0v) is 19.0. The molecule has 1 N–H and O–H groups in total. The highest BCUT2D eigenvalue weighted by atomic mass is 32.2. The minimum Gasteiger partial charge on any atom is -0.378 e. The van der Waals surface area contributed by atoms with Crippen molar-refractivity contribution in [2.45, 2.75) is 9.96 Å². The number of carbonyl (C=O) groups is 2. The fourth-order valence-corrected chi connectivity index (χ4v) is 4.48. The number of hydrogen-bond donors (Lipinski definition) is 1. The molecule has 3 aromatic rings. The van der Waals surface area contributed by atoms with E-state index in [1.807, 2.05) is 55.4 Å². The molecule has 1 heterocycles. The van der Waals surface area contributed by atoms with Crippen LogP contribution in [0.4, 0.5) is 10.8 Å². The number of rotatable bonds is 7. The summed E-state index contributed by atoms with van der Waals surface area (Å²) in [7, 11) is 7.40. The molecule has 156 valence electrons. The van der Waals surface area contributed by atoms with Crippen LogP contribution in [-0.4, -0.2) is 49.9 Å². The van der Waals surface area contributed by atoms with E-state index in [2.05, 4.69) is 10.3 Å². The Balaban J connectivity index is 1.58. The average Bonchev–Trinajstić information content (AvgIpc) is 3.19. The van der Waals surface area contributed by atoms with Gasteiger partial charge in [0, 0.05) is 50.8 Å². The average molecular weight is 441 g/mol. The highest BCUT2D eigenvalue weighted by molar-refractivity contribution is 8.00. The SMILES string of the molecule is CN(C)C(=O)c1cccc(CSc2cnc(NC(=O)c3ccc(N(C)C)cc3)s2)c1. The van der Waals surface area contributed by atoms with E-state index >= 15 is 0 Å². The summed E-state index contributed by atoms with van der Waals surface area (Å²) in [6.45, 7) is 0. The second-order valence-electron chi connectivity index (χ2n) is 7.07. The van der Waals surface area contributed by atoms with Gasteiger partial charge in [-0.15, -0.1) is 11.8 Å². The van der Waals surface area contributed by atoms with Gasteiger partial charge in [-0.25, -0.2) is 4.98 Å². The van der Waals surface area contributed by atoms with Crippen molar-refractivity contribution in [1.29, 1.82) is 0 Å². The molecule has 0 spiro atoms. The van der Waals surface area contributed by atoms with E-state index in [9.17, 15) is 9.59 Å². The Bertz CT molecular complexity index is 1030. The van der Waals surface area contributed by atoms with E-state index in [-0.39, 0.29) is 11.8 Å². The molecule has 0 unspecified atom stereocenters. The van der Waals surface area contributed by atoms with Gasteiger partial charge in [0.25, 0.3) is 11.8 Å². The summed E-state index contributed by atoms with van der Waals surface area (Å²) in [5.41, 5.74) is 3.37. The Kier molecular flexibility index (Phi) is 7.12. The van der Waals surface area contributed by atoms with E-state index < -0.39 is 0 Å². The Morgan fingerprint density at radius 1 is 1.03 bits per heavy atom. The lowest BCUT2D eigenvalue weighted by molar-refractivity contribution is 0.0827. The van der Waals surface area contributed by atoms with Crippen molar-refractivity contribution >= 4 is 45.7 Å². The van der Waals surface area contributed by atoms with Crippen LogP contribution in [0, 0.1) is 0 Å². The number of thioether (sulfide) groups is 1. The third-order valence-corrected chi connectivity index (χ3v) is 6.49. The maximum Gasteiger partial charge on any atom is 0.257 e.